The van der Waals surface area contributed by atoms with Crippen molar-refractivity contribution in [2.24, 2.45) is 5.73 Å². The first-order chi connectivity index (χ1) is 13.4. The van der Waals surface area contributed by atoms with Crippen molar-refractivity contribution in [2.45, 2.75) is 32.7 Å². The summed E-state index contributed by atoms with van der Waals surface area (Å²) < 4.78 is 0. The number of rotatable bonds is 2. The Bertz CT molecular complexity index is 1000. The normalized spacial score (nSPS) is 18.5. The molecule has 6 nitrogen and oxygen atoms in total. The fourth-order valence-electron chi connectivity index (χ4n) is 3.93. The molecule has 0 bridgehead atoms. The van der Waals surface area contributed by atoms with Crippen LogP contribution in [0.15, 0.2) is 36.4 Å². The first kappa shape index (κ1) is 21.0. The van der Waals surface area contributed by atoms with Gasteiger partial charge in [-0.05, 0) is 62.1 Å². The van der Waals surface area contributed by atoms with Crippen LogP contribution in [0, 0.1) is 13.8 Å². The highest BCUT2D eigenvalue weighted by Crippen LogP contribution is 2.32. The summed E-state index contributed by atoms with van der Waals surface area (Å²) in [5.74, 6) is -0.894. The van der Waals surface area contributed by atoms with Crippen LogP contribution in [-0.4, -0.2) is 41.8 Å². The number of imide groups is 1. The standard InChI is InChI=1S/C22H23N3O3.ClH/c1-13-5-6-14(2)19(10-13)25-21(27)17-8-7-15(11-18(17)22(25)28)20(26)24-9-3-4-16(23)12-24;/h5-8,10-11,16H,3-4,9,12,23H2,1-2H3;1H. The first-order valence-corrected chi connectivity index (χ1v) is 9.52. The minimum Gasteiger partial charge on any atom is -0.337 e. The highest BCUT2D eigenvalue weighted by atomic mass is 35.5. The lowest BCUT2D eigenvalue weighted by Crippen LogP contribution is -2.45. The number of likely N-dealkylation sites (tertiary alicyclic amines) is 1. The Morgan fingerprint density at radius 3 is 2.48 bits per heavy atom. The maximum atomic E-state index is 13.0. The molecule has 0 aromatic heterocycles. The summed E-state index contributed by atoms with van der Waals surface area (Å²) in [6.45, 7) is 4.95. The van der Waals surface area contributed by atoms with Crippen LogP contribution < -0.4 is 10.6 Å². The number of halogens is 1. The van der Waals surface area contributed by atoms with E-state index in [-0.39, 0.29) is 35.8 Å². The molecule has 2 aromatic carbocycles. The third-order valence-corrected chi connectivity index (χ3v) is 5.48. The molecule has 1 saturated heterocycles. The minimum atomic E-state index is -0.390. The first-order valence-electron chi connectivity index (χ1n) is 9.52. The summed E-state index contributed by atoms with van der Waals surface area (Å²) >= 11 is 0. The quantitative estimate of drug-likeness (QED) is 0.767. The number of hydrogen-bond donors (Lipinski definition) is 1. The second kappa shape index (κ2) is 7.97. The zero-order chi connectivity index (χ0) is 20.0. The number of amides is 3. The lowest BCUT2D eigenvalue weighted by atomic mass is 10.0. The Morgan fingerprint density at radius 2 is 1.76 bits per heavy atom. The Labute approximate surface area is 176 Å². The predicted octanol–water partition coefficient (Wildman–Crippen LogP) is 3.09. The number of nitrogens with zero attached hydrogens (tertiary/aromatic N) is 2. The molecule has 1 atom stereocenters. The molecule has 2 aliphatic rings. The lowest BCUT2D eigenvalue weighted by Gasteiger charge is -2.30. The summed E-state index contributed by atoms with van der Waals surface area (Å²) in [6.07, 6.45) is 1.78. The van der Waals surface area contributed by atoms with Crippen LogP contribution in [0.2, 0.25) is 0 Å². The van der Waals surface area contributed by atoms with E-state index in [1.807, 2.05) is 32.0 Å². The predicted molar refractivity (Wildman–Crippen MR) is 114 cm³/mol. The topological polar surface area (TPSA) is 83.7 Å². The van der Waals surface area contributed by atoms with Crippen molar-refractivity contribution in [3.8, 4) is 0 Å². The van der Waals surface area contributed by atoms with Crippen molar-refractivity contribution in [2.75, 3.05) is 18.0 Å². The van der Waals surface area contributed by atoms with Crippen molar-refractivity contribution < 1.29 is 14.4 Å². The zero-order valence-electron chi connectivity index (χ0n) is 16.5. The van der Waals surface area contributed by atoms with Gasteiger partial charge in [-0.1, -0.05) is 12.1 Å². The van der Waals surface area contributed by atoms with Crippen molar-refractivity contribution in [3.05, 3.63) is 64.2 Å². The van der Waals surface area contributed by atoms with E-state index in [0.717, 1.165) is 24.0 Å². The van der Waals surface area contributed by atoms with Crippen molar-refractivity contribution in [1.29, 1.82) is 0 Å². The second-order valence-corrected chi connectivity index (χ2v) is 7.65. The van der Waals surface area contributed by atoms with Crippen LogP contribution in [-0.2, 0) is 0 Å². The van der Waals surface area contributed by atoms with E-state index in [2.05, 4.69) is 0 Å². The number of anilines is 1. The van der Waals surface area contributed by atoms with E-state index in [4.69, 9.17) is 5.73 Å². The molecule has 0 radical (unpaired) electrons. The molecule has 3 amide bonds. The van der Waals surface area contributed by atoms with Crippen LogP contribution >= 0.6 is 12.4 Å². The molecule has 2 aromatic rings. The van der Waals surface area contributed by atoms with Gasteiger partial charge in [0.05, 0.1) is 16.8 Å². The van der Waals surface area contributed by atoms with E-state index in [9.17, 15) is 14.4 Å². The number of nitrogens with two attached hydrogens (primary N) is 1. The monoisotopic (exact) mass is 413 g/mol. The van der Waals surface area contributed by atoms with E-state index in [1.165, 1.54) is 4.90 Å². The summed E-state index contributed by atoms with van der Waals surface area (Å²) in [5.41, 5.74) is 9.40. The second-order valence-electron chi connectivity index (χ2n) is 7.65. The van der Waals surface area contributed by atoms with E-state index in [0.29, 0.717) is 29.9 Å². The summed E-state index contributed by atoms with van der Waals surface area (Å²) in [5, 5.41) is 0. The van der Waals surface area contributed by atoms with Crippen molar-refractivity contribution in [3.63, 3.8) is 0 Å². The average Bonchev–Trinajstić information content (AvgIpc) is 2.93. The van der Waals surface area contributed by atoms with Crippen LogP contribution in [0.25, 0.3) is 0 Å². The molecular weight excluding hydrogens is 390 g/mol. The van der Waals surface area contributed by atoms with Gasteiger partial charge in [-0.3, -0.25) is 14.4 Å². The van der Waals surface area contributed by atoms with Gasteiger partial charge in [-0.25, -0.2) is 4.90 Å². The van der Waals surface area contributed by atoms with Crippen LogP contribution in [0.1, 0.15) is 55.0 Å². The zero-order valence-corrected chi connectivity index (χ0v) is 17.3. The molecule has 2 N–H and O–H groups in total. The van der Waals surface area contributed by atoms with Crippen LogP contribution in [0.4, 0.5) is 5.69 Å². The van der Waals surface area contributed by atoms with Gasteiger partial charge in [0, 0.05) is 24.7 Å². The molecule has 0 saturated carbocycles. The van der Waals surface area contributed by atoms with E-state index in [1.54, 1.807) is 23.1 Å². The van der Waals surface area contributed by atoms with Gasteiger partial charge in [0.15, 0.2) is 0 Å². The number of carbonyl (C=O) groups excluding carboxylic acids is 3. The number of hydrogen-bond acceptors (Lipinski definition) is 4. The molecule has 1 unspecified atom stereocenters. The number of piperidine rings is 1. The summed E-state index contributed by atoms with van der Waals surface area (Å²) in [7, 11) is 0. The Balaban J connectivity index is 0.00000240. The SMILES string of the molecule is Cc1ccc(C)c(N2C(=O)c3ccc(C(=O)N4CCCC(N)C4)cc3C2=O)c1.Cl. The van der Waals surface area contributed by atoms with Gasteiger partial charge in [-0.15, -0.1) is 12.4 Å². The van der Waals surface area contributed by atoms with E-state index < -0.39 is 5.91 Å². The van der Waals surface area contributed by atoms with Crippen LogP contribution in [0.3, 0.4) is 0 Å². The van der Waals surface area contributed by atoms with E-state index >= 15 is 0 Å². The highest BCUT2D eigenvalue weighted by molar-refractivity contribution is 6.35. The largest absolute Gasteiger partial charge is 0.337 e. The number of aryl methyl sites for hydroxylation is 2. The number of fused-ring (bicyclic) bond motifs is 1. The lowest BCUT2D eigenvalue weighted by molar-refractivity contribution is 0.0708. The minimum absolute atomic E-state index is 0. The molecule has 0 aliphatic carbocycles. The molecule has 2 aliphatic heterocycles. The Kier molecular flexibility index (Phi) is 5.78. The van der Waals surface area contributed by atoms with Gasteiger partial charge in [-0.2, -0.15) is 0 Å². The fraction of sp³-hybridized carbons (Fsp3) is 0.318. The van der Waals surface area contributed by atoms with Gasteiger partial charge in [0.25, 0.3) is 17.7 Å². The molecule has 29 heavy (non-hydrogen) atoms. The molecule has 1 fully saturated rings. The summed E-state index contributed by atoms with van der Waals surface area (Å²) in [4.78, 5) is 41.7. The van der Waals surface area contributed by atoms with Gasteiger partial charge < -0.3 is 10.6 Å². The molecule has 4 rings (SSSR count). The fourth-order valence-corrected chi connectivity index (χ4v) is 3.93. The van der Waals surface area contributed by atoms with Crippen LogP contribution in [0.5, 0.6) is 0 Å². The third-order valence-electron chi connectivity index (χ3n) is 5.48. The molecule has 0 spiro atoms. The molecule has 2 heterocycles. The van der Waals surface area contributed by atoms with Gasteiger partial charge in [0.1, 0.15) is 0 Å². The number of carbonyl (C=O) groups is 3. The van der Waals surface area contributed by atoms with Gasteiger partial charge in [0.2, 0.25) is 0 Å². The Hall–Kier alpha value is -2.70. The molecule has 152 valence electrons. The molecular formula is C22H24ClN3O3. The number of benzene rings is 2. The third kappa shape index (κ3) is 3.66. The average molecular weight is 414 g/mol. The maximum Gasteiger partial charge on any atom is 0.266 e. The summed E-state index contributed by atoms with van der Waals surface area (Å²) in [6, 6.07) is 10.4. The van der Waals surface area contributed by atoms with Crippen molar-refractivity contribution >= 4 is 35.8 Å². The van der Waals surface area contributed by atoms with Gasteiger partial charge >= 0.3 is 0 Å². The Morgan fingerprint density at radius 1 is 1.03 bits per heavy atom. The maximum absolute atomic E-state index is 13.0. The highest BCUT2D eigenvalue weighted by Gasteiger charge is 2.38. The van der Waals surface area contributed by atoms with Crippen molar-refractivity contribution in [1.82, 2.24) is 4.90 Å². The smallest absolute Gasteiger partial charge is 0.266 e. The molecule has 7 heteroatoms.